The molecule has 2 aliphatic rings. The van der Waals surface area contributed by atoms with Crippen LogP contribution in [0.3, 0.4) is 0 Å². The molecule has 3 aromatic rings. The second kappa shape index (κ2) is 10.2. The highest BCUT2D eigenvalue weighted by Crippen LogP contribution is 2.31. The number of nitrogens with zero attached hydrogens (tertiary/aromatic N) is 4. The second-order valence-corrected chi connectivity index (χ2v) is 9.75. The summed E-state index contributed by atoms with van der Waals surface area (Å²) in [5.41, 5.74) is 1.34. The van der Waals surface area contributed by atoms with Crippen molar-refractivity contribution < 1.29 is 32.3 Å². The number of hydrogen-bond donors (Lipinski definition) is 1. The predicted octanol–water partition coefficient (Wildman–Crippen LogP) is 4.29. The molecule has 0 radical (unpaired) electrons. The van der Waals surface area contributed by atoms with Crippen molar-refractivity contribution in [3.63, 3.8) is 0 Å². The molecule has 1 unspecified atom stereocenters. The Morgan fingerprint density at radius 2 is 1.84 bits per heavy atom. The molecular weight excluding hydrogens is 518 g/mol. The lowest BCUT2D eigenvalue weighted by atomic mass is 10.1. The van der Waals surface area contributed by atoms with Crippen LogP contribution >= 0.6 is 12.6 Å². The third kappa shape index (κ3) is 4.75. The largest absolute Gasteiger partial charge is 0.448 e. The second-order valence-electron chi connectivity index (χ2n) is 9.37. The van der Waals surface area contributed by atoms with Gasteiger partial charge in [-0.1, -0.05) is 24.8 Å². The molecule has 0 aliphatic carbocycles. The first kappa shape index (κ1) is 25.8. The molecule has 0 spiro atoms. The Morgan fingerprint density at radius 1 is 1.11 bits per heavy atom. The van der Waals surface area contributed by atoms with Crippen molar-refractivity contribution in [2.24, 2.45) is 0 Å². The Balaban J connectivity index is 1.23. The fourth-order valence-electron chi connectivity index (χ4n) is 4.84. The normalized spacial score (nSPS) is 17.8. The van der Waals surface area contributed by atoms with Gasteiger partial charge in [-0.05, 0) is 31.2 Å². The van der Waals surface area contributed by atoms with Crippen molar-refractivity contribution in [2.75, 3.05) is 56.1 Å². The summed E-state index contributed by atoms with van der Waals surface area (Å²) in [4.78, 5) is 42.9. The summed E-state index contributed by atoms with van der Waals surface area (Å²) in [6.07, 6.45) is -1.17. The van der Waals surface area contributed by atoms with Gasteiger partial charge in [0.05, 0.1) is 24.5 Å². The lowest BCUT2D eigenvalue weighted by Crippen LogP contribution is -2.49. The minimum absolute atomic E-state index is 0.0598. The number of carbonyl (C=O) groups is 3. The fourth-order valence-corrected chi connectivity index (χ4v) is 4.92. The first-order valence-electron chi connectivity index (χ1n) is 12.1. The number of furan rings is 1. The first-order chi connectivity index (χ1) is 18.1. The number of cyclic esters (lactones) is 1. The molecule has 1 aromatic heterocycles. The molecule has 2 aliphatic heterocycles. The van der Waals surface area contributed by atoms with Crippen molar-refractivity contribution in [3.05, 3.63) is 59.4 Å². The van der Waals surface area contributed by atoms with E-state index in [0.717, 1.165) is 0 Å². The average molecular weight is 545 g/mol. The van der Waals surface area contributed by atoms with Crippen molar-refractivity contribution in [1.29, 1.82) is 0 Å². The number of rotatable bonds is 5. The van der Waals surface area contributed by atoms with Crippen LogP contribution < -0.4 is 9.80 Å². The summed E-state index contributed by atoms with van der Waals surface area (Å²) in [6.45, 7) is 3.50. The molecule has 2 fully saturated rings. The number of anilines is 2. The lowest BCUT2D eigenvalue weighted by Gasteiger charge is -2.36. The topological polar surface area (TPSA) is 86.5 Å². The highest BCUT2D eigenvalue weighted by Gasteiger charge is 2.34. The SMILES string of the molecule is Cc1c(C(=O)N2CCN(c3ccc(N4CC(CN(C)C(=O)S)OC4=O)cc3F)CC2)oc2c(F)cccc12. The molecule has 12 heteroatoms. The summed E-state index contributed by atoms with van der Waals surface area (Å²) in [5.74, 6) is -1.26. The zero-order valence-electron chi connectivity index (χ0n) is 20.8. The maximum absolute atomic E-state index is 15.1. The number of amides is 3. The van der Waals surface area contributed by atoms with Gasteiger partial charge in [-0.25, -0.2) is 13.6 Å². The van der Waals surface area contributed by atoms with Gasteiger partial charge in [-0.3, -0.25) is 14.5 Å². The zero-order chi connectivity index (χ0) is 27.1. The Morgan fingerprint density at radius 3 is 2.50 bits per heavy atom. The third-order valence-corrected chi connectivity index (χ3v) is 7.28. The minimum Gasteiger partial charge on any atom is -0.448 e. The van der Waals surface area contributed by atoms with Gasteiger partial charge in [-0.15, -0.1) is 0 Å². The van der Waals surface area contributed by atoms with Gasteiger partial charge in [0, 0.05) is 44.2 Å². The molecule has 3 amide bonds. The predicted molar refractivity (Wildman–Crippen MR) is 140 cm³/mol. The zero-order valence-corrected chi connectivity index (χ0v) is 21.7. The molecule has 1 atom stereocenters. The van der Waals surface area contributed by atoms with Crippen LogP contribution in [0.15, 0.2) is 40.8 Å². The number of likely N-dealkylation sites (N-methyl/N-ethyl adjacent to an activating group) is 1. The number of benzene rings is 2. The van der Waals surface area contributed by atoms with Gasteiger partial charge >= 0.3 is 6.09 Å². The first-order valence-corrected chi connectivity index (χ1v) is 12.5. The van der Waals surface area contributed by atoms with E-state index in [-0.39, 0.29) is 30.3 Å². The molecule has 38 heavy (non-hydrogen) atoms. The highest BCUT2D eigenvalue weighted by molar-refractivity contribution is 7.96. The van der Waals surface area contributed by atoms with Gasteiger partial charge in [0.25, 0.3) is 11.1 Å². The lowest BCUT2D eigenvalue weighted by molar-refractivity contribution is 0.0715. The Labute approximate surface area is 222 Å². The van der Waals surface area contributed by atoms with E-state index in [9.17, 15) is 18.8 Å². The number of piperazine rings is 1. The van der Waals surface area contributed by atoms with Crippen molar-refractivity contribution in [2.45, 2.75) is 13.0 Å². The maximum Gasteiger partial charge on any atom is 0.414 e. The number of hydrogen-bond acceptors (Lipinski definition) is 6. The Kier molecular flexibility index (Phi) is 6.91. The molecule has 5 rings (SSSR count). The molecule has 9 nitrogen and oxygen atoms in total. The van der Waals surface area contributed by atoms with Gasteiger partial charge in [0.15, 0.2) is 17.2 Å². The van der Waals surface area contributed by atoms with E-state index in [0.29, 0.717) is 48.5 Å². The number of aryl methyl sites for hydroxylation is 1. The summed E-state index contributed by atoms with van der Waals surface area (Å²) in [5, 5.41) is 0.114. The molecule has 0 N–H and O–H groups in total. The quantitative estimate of drug-likeness (QED) is 0.483. The van der Waals surface area contributed by atoms with Crippen LogP contribution in [-0.2, 0) is 4.74 Å². The summed E-state index contributed by atoms with van der Waals surface area (Å²) in [7, 11) is 1.55. The van der Waals surface area contributed by atoms with E-state index in [1.807, 2.05) is 4.90 Å². The molecule has 2 saturated heterocycles. The summed E-state index contributed by atoms with van der Waals surface area (Å²) < 4.78 is 40.1. The Bertz CT molecular complexity index is 1420. The highest BCUT2D eigenvalue weighted by atomic mass is 32.1. The van der Waals surface area contributed by atoms with Crippen LogP contribution in [0.1, 0.15) is 16.1 Å². The summed E-state index contributed by atoms with van der Waals surface area (Å²) >= 11 is 3.75. The smallest absolute Gasteiger partial charge is 0.414 e. The van der Waals surface area contributed by atoms with Crippen molar-refractivity contribution in [1.82, 2.24) is 9.80 Å². The van der Waals surface area contributed by atoms with Crippen LogP contribution in [-0.4, -0.2) is 79.5 Å². The van der Waals surface area contributed by atoms with Crippen LogP contribution in [0.2, 0.25) is 0 Å². The number of thiol groups is 1. The minimum atomic E-state index is -0.616. The van der Waals surface area contributed by atoms with Crippen LogP contribution in [0.5, 0.6) is 0 Å². The molecule has 0 bridgehead atoms. The molecule has 3 heterocycles. The van der Waals surface area contributed by atoms with Crippen LogP contribution in [0.4, 0.5) is 29.7 Å². The van der Waals surface area contributed by atoms with Gasteiger partial charge in [0.1, 0.15) is 11.9 Å². The number of fused-ring (bicyclic) bond motifs is 1. The Hall–Kier alpha value is -3.80. The van der Waals surface area contributed by atoms with Crippen molar-refractivity contribution in [3.8, 4) is 0 Å². The monoisotopic (exact) mass is 544 g/mol. The van der Waals surface area contributed by atoms with Gasteiger partial charge < -0.3 is 23.9 Å². The van der Waals surface area contributed by atoms with E-state index >= 15 is 4.39 Å². The van der Waals surface area contributed by atoms with Gasteiger partial charge in [-0.2, -0.15) is 0 Å². The maximum atomic E-state index is 15.1. The van der Waals surface area contributed by atoms with Crippen LogP contribution in [0.25, 0.3) is 11.0 Å². The molecule has 0 saturated carbocycles. The fraction of sp³-hybridized carbons (Fsp3) is 0.346. The molecule has 200 valence electrons. The molecular formula is C26H26F2N4O5S. The van der Waals surface area contributed by atoms with Gasteiger partial charge in [0.2, 0.25) is 0 Å². The number of ether oxygens (including phenoxy) is 1. The molecule has 2 aromatic carbocycles. The van der Waals surface area contributed by atoms with E-state index in [4.69, 9.17) is 9.15 Å². The van der Waals surface area contributed by atoms with E-state index in [2.05, 4.69) is 12.6 Å². The van der Waals surface area contributed by atoms with Crippen molar-refractivity contribution >= 4 is 52.2 Å². The summed E-state index contributed by atoms with van der Waals surface area (Å²) in [6, 6.07) is 9.08. The van der Waals surface area contributed by atoms with E-state index in [1.165, 1.54) is 21.9 Å². The van der Waals surface area contributed by atoms with Crippen LogP contribution in [0, 0.1) is 18.6 Å². The average Bonchev–Trinajstić information content (AvgIpc) is 3.43. The third-order valence-electron chi connectivity index (χ3n) is 6.94. The van der Waals surface area contributed by atoms with E-state index in [1.54, 1.807) is 43.1 Å². The number of halogens is 2. The number of carbonyl (C=O) groups excluding carboxylic acids is 3. The number of para-hydroxylation sites is 1. The standard InChI is InChI=1S/C26H26F2N4O5S/c1-15-18-4-3-5-19(27)23(18)37-22(15)24(33)31-10-8-30(9-11-31)21-7-6-16(12-20(21)28)32-14-17(36-25(32)34)13-29(2)26(35)38/h3-7,12,17H,8-11,13-14H2,1-2H3,(H,35,38). The van der Waals surface area contributed by atoms with E-state index < -0.39 is 29.1 Å².